The number of rotatable bonds is 4. The van der Waals surface area contributed by atoms with Crippen molar-refractivity contribution in [3.63, 3.8) is 0 Å². The molecule has 0 bridgehead atoms. The second kappa shape index (κ2) is 6.27. The minimum absolute atomic E-state index is 0. The molecule has 2 heterocycles. The largest absolute Gasteiger partial charge is 0.316 e. The Labute approximate surface area is 116 Å². The number of hydrogen-bond donors (Lipinski definition) is 1. The standard InChI is InChI=1S/C10H13N3O4S.ClH/c14-13(15)9-1-2-10(12-6-9)18(16,17)7-8-3-4-11-5-8;/h1-2,6,8,11H,3-5,7H2;1H. The maximum absolute atomic E-state index is 12.0. The summed E-state index contributed by atoms with van der Waals surface area (Å²) in [5.74, 6) is 0.122. The van der Waals surface area contributed by atoms with Gasteiger partial charge in [0.15, 0.2) is 14.9 Å². The number of nitro groups is 1. The number of aromatic nitrogens is 1. The smallest absolute Gasteiger partial charge is 0.287 e. The number of halogens is 1. The number of pyridine rings is 1. The highest BCUT2D eigenvalue weighted by molar-refractivity contribution is 7.91. The molecule has 1 fully saturated rings. The Hall–Kier alpha value is -1.25. The fraction of sp³-hybridized carbons (Fsp3) is 0.500. The molecule has 1 aromatic rings. The molecule has 1 aromatic heterocycles. The highest BCUT2D eigenvalue weighted by Crippen LogP contribution is 2.18. The Kier molecular flexibility index (Phi) is 5.21. The van der Waals surface area contributed by atoms with E-state index in [0.29, 0.717) is 6.54 Å². The summed E-state index contributed by atoms with van der Waals surface area (Å²) in [5, 5.41) is 13.4. The predicted octanol–water partition coefficient (Wildman–Crippen LogP) is 0.795. The van der Waals surface area contributed by atoms with E-state index in [1.165, 1.54) is 6.07 Å². The van der Waals surface area contributed by atoms with Crippen molar-refractivity contribution >= 4 is 27.9 Å². The molecule has 1 saturated heterocycles. The van der Waals surface area contributed by atoms with E-state index in [9.17, 15) is 18.5 Å². The van der Waals surface area contributed by atoms with Crippen LogP contribution in [0.5, 0.6) is 0 Å². The molecule has 0 amide bonds. The summed E-state index contributed by atoms with van der Waals surface area (Å²) in [6.07, 6.45) is 1.80. The Morgan fingerprint density at radius 2 is 2.21 bits per heavy atom. The van der Waals surface area contributed by atoms with E-state index in [2.05, 4.69) is 10.3 Å². The van der Waals surface area contributed by atoms with E-state index in [1.807, 2.05) is 0 Å². The molecule has 2 rings (SSSR count). The maximum Gasteiger partial charge on any atom is 0.287 e. The number of nitrogens with one attached hydrogen (secondary N) is 1. The first kappa shape index (κ1) is 15.8. The van der Waals surface area contributed by atoms with Gasteiger partial charge in [0.05, 0.1) is 10.7 Å². The summed E-state index contributed by atoms with van der Waals surface area (Å²) in [7, 11) is -3.46. The molecule has 0 radical (unpaired) electrons. The van der Waals surface area contributed by atoms with E-state index in [1.54, 1.807) is 0 Å². The number of nitrogens with zero attached hydrogens (tertiary/aromatic N) is 2. The van der Waals surface area contributed by atoms with Gasteiger partial charge in [-0.3, -0.25) is 10.1 Å². The molecule has 1 aliphatic rings. The van der Waals surface area contributed by atoms with Gasteiger partial charge in [0.2, 0.25) is 0 Å². The lowest BCUT2D eigenvalue weighted by Gasteiger charge is -2.08. The highest BCUT2D eigenvalue weighted by Gasteiger charge is 2.25. The van der Waals surface area contributed by atoms with Crippen molar-refractivity contribution in [3.8, 4) is 0 Å². The quantitative estimate of drug-likeness (QED) is 0.652. The van der Waals surface area contributed by atoms with Gasteiger partial charge in [-0.1, -0.05) is 0 Å². The minimum Gasteiger partial charge on any atom is -0.316 e. The second-order valence-electron chi connectivity index (χ2n) is 4.25. The predicted molar refractivity (Wildman–Crippen MR) is 71.2 cm³/mol. The molecular formula is C10H14ClN3O4S. The fourth-order valence-corrected chi connectivity index (χ4v) is 3.48. The van der Waals surface area contributed by atoms with Crippen LogP contribution in [0.1, 0.15) is 6.42 Å². The number of sulfone groups is 1. The first-order valence-electron chi connectivity index (χ1n) is 5.53. The lowest BCUT2D eigenvalue weighted by atomic mass is 10.2. The van der Waals surface area contributed by atoms with Gasteiger partial charge in [-0.05, 0) is 31.5 Å². The van der Waals surface area contributed by atoms with Gasteiger partial charge in [-0.2, -0.15) is 0 Å². The van der Waals surface area contributed by atoms with Crippen LogP contribution in [0.25, 0.3) is 0 Å². The first-order chi connectivity index (χ1) is 8.49. The fourth-order valence-electron chi connectivity index (χ4n) is 1.92. The Morgan fingerprint density at radius 3 is 2.68 bits per heavy atom. The summed E-state index contributed by atoms with van der Waals surface area (Å²) in [6, 6.07) is 2.35. The van der Waals surface area contributed by atoms with Crippen molar-refractivity contribution in [2.45, 2.75) is 11.4 Å². The van der Waals surface area contributed by atoms with Gasteiger partial charge in [0.25, 0.3) is 5.69 Å². The van der Waals surface area contributed by atoms with E-state index in [4.69, 9.17) is 0 Å². The Balaban J connectivity index is 0.00000180. The topological polar surface area (TPSA) is 102 Å². The van der Waals surface area contributed by atoms with E-state index < -0.39 is 14.8 Å². The summed E-state index contributed by atoms with van der Waals surface area (Å²) < 4.78 is 24.0. The van der Waals surface area contributed by atoms with Crippen molar-refractivity contribution < 1.29 is 13.3 Å². The average Bonchev–Trinajstić information content (AvgIpc) is 2.81. The molecule has 0 spiro atoms. The van der Waals surface area contributed by atoms with Crippen molar-refractivity contribution in [2.24, 2.45) is 5.92 Å². The molecule has 1 N–H and O–H groups in total. The third kappa shape index (κ3) is 3.85. The summed E-state index contributed by atoms with van der Waals surface area (Å²) in [6.45, 7) is 1.51. The van der Waals surface area contributed by atoms with Crippen molar-refractivity contribution in [3.05, 3.63) is 28.4 Å². The van der Waals surface area contributed by atoms with Crippen LogP contribution in [0.15, 0.2) is 23.4 Å². The average molecular weight is 308 g/mol. The number of hydrogen-bond acceptors (Lipinski definition) is 6. The molecule has 0 saturated carbocycles. The minimum atomic E-state index is -3.46. The van der Waals surface area contributed by atoms with Crippen molar-refractivity contribution in [1.82, 2.24) is 10.3 Å². The van der Waals surface area contributed by atoms with Gasteiger partial charge in [0, 0.05) is 6.07 Å². The second-order valence-corrected chi connectivity index (χ2v) is 6.23. The monoisotopic (exact) mass is 307 g/mol. The van der Waals surface area contributed by atoms with E-state index in [0.717, 1.165) is 25.2 Å². The van der Waals surface area contributed by atoms with Gasteiger partial charge >= 0.3 is 0 Å². The third-order valence-electron chi connectivity index (χ3n) is 2.87. The lowest BCUT2D eigenvalue weighted by molar-refractivity contribution is -0.385. The molecule has 1 atom stereocenters. The zero-order valence-corrected chi connectivity index (χ0v) is 11.6. The highest BCUT2D eigenvalue weighted by atomic mass is 35.5. The van der Waals surface area contributed by atoms with Gasteiger partial charge in [-0.15, -0.1) is 12.4 Å². The molecule has 9 heteroatoms. The van der Waals surface area contributed by atoms with Crippen LogP contribution in [0.2, 0.25) is 0 Å². The van der Waals surface area contributed by atoms with Crippen molar-refractivity contribution in [2.75, 3.05) is 18.8 Å². The summed E-state index contributed by atoms with van der Waals surface area (Å²) in [4.78, 5) is 13.5. The molecule has 106 valence electrons. The maximum atomic E-state index is 12.0. The lowest BCUT2D eigenvalue weighted by Crippen LogP contribution is -2.19. The summed E-state index contributed by atoms with van der Waals surface area (Å²) in [5.41, 5.74) is -0.212. The van der Waals surface area contributed by atoms with E-state index >= 15 is 0 Å². The normalized spacial score (nSPS) is 18.8. The molecule has 7 nitrogen and oxygen atoms in total. The van der Waals surface area contributed by atoms with Crippen LogP contribution in [0.3, 0.4) is 0 Å². The van der Waals surface area contributed by atoms with E-state index in [-0.39, 0.29) is 34.8 Å². The molecule has 1 unspecified atom stereocenters. The van der Waals surface area contributed by atoms with Crippen LogP contribution in [0, 0.1) is 16.0 Å². The third-order valence-corrected chi connectivity index (χ3v) is 4.66. The van der Waals surface area contributed by atoms with Crippen LogP contribution < -0.4 is 5.32 Å². The Bertz CT molecular complexity index is 540. The zero-order valence-electron chi connectivity index (χ0n) is 9.98. The molecule has 0 aliphatic carbocycles. The van der Waals surface area contributed by atoms with Crippen LogP contribution in [-0.4, -0.2) is 37.2 Å². The first-order valence-corrected chi connectivity index (χ1v) is 7.18. The van der Waals surface area contributed by atoms with Crippen molar-refractivity contribution in [1.29, 1.82) is 0 Å². The molecule has 0 aromatic carbocycles. The van der Waals surface area contributed by atoms with Gasteiger partial charge < -0.3 is 5.32 Å². The molecule has 1 aliphatic heterocycles. The van der Waals surface area contributed by atoms with Gasteiger partial charge in [-0.25, -0.2) is 13.4 Å². The summed E-state index contributed by atoms with van der Waals surface area (Å²) >= 11 is 0. The SMILES string of the molecule is Cl.O=[N+]([O-])c1ccc(S(=O)(=O)CC2CCNC2)nc1. The molecule has 19 heavy (non-hydrogen) atoms. The Morgan fingerprint density at radius 1 is 1.47 bits per heavy atom. The van der Waals surface area contributed by atoms with Crippen LogP contribution in [-0.2, 0) is 9.84 Å². The van der Waals surface area contributed by atoms with Crippen LogP contribution in [0.4, 0.5) is 5.69 Å². The van der Waals surface area contributed by atoms with Crippen LogP contribution >= 0.6 is 12.4 Å². The molecular weight excluding hydrogens is 294 g/mol. The van der Waals surface area contributed by atoms with Gasteiger partial charge in [0.1, 0.15) is 6.20 Å². The zero-order chi connectivity index (χ0) is 13.2.